The lowest BCUT2D eigenvalue weighted by atomic mass is 10.1. The molecular weight excluding hydrogens is 319 g/mol. The quantitative estimate of drug-likeness (QED) is 0.801. The van der Waals surface area contributed by atoms with Gasteiger partial charge in [0.25, 0.3) is 5.91 Å². The van der Waals surface area contributed by atoms with Crippen LogP contribution in [0.15, 0.2) is 29.2 Å². The van der Waals surface area contributed by atoms with Gasteiger partial charge in [-0.3, -0.25) is 9.59 Å². The number of hydrogen-bond donors (Lipinski definition) is 1. The van der Waals surface area contributed by atoms with E-state index < -0.39 is 5.91 Å². The first-order valence-electron chi connectivity index (χ1n) is 4.60. The van der Waals surface area contributed by atoms with Gasteiger partial charge in [0.15, 0.2) is 0 Å². The zero-order valence-electron chi connectivity index (χ0n) is 8.53. The number of carbonyl (C=O) groups excluding carboxylic acids is 1. The molecule has 1 heterocycles. The molecule has 0 radical (unpaired) electrons. The van der Waals surface area contributed by atoms with Crippen LogP contribution in [0.1, 0.15) is 10.4 Å². The van der Waals surface area contributed by atoms with Crippen molar-refractivity contribution in [1.29, 1.82) is 0 Å². The Labute approximate surface area is 105 Å². The van der Waals surface area contributed by atoms with Crippen molar-refractivity contribution in [3.05, 3.63) is 43.8 Å². The van der Waals surface area contributed by atoms with Crippen molar-refractivity contribution in [1.82, 2.24) is 4.57 Å². The molecule has 0 atom stereocenters. The zero-order valence-corrected chi connectivity index (χ0v) is 10.7. The number of pyridine rings is 1. The molecule has 2 rings (SSSR count). The number of halogens is 1. The first-order chi connectivity index (χ1) is 7.52. The number of primary amides is 1. The van der Waals surface area contributed by atoms with E-state index in [2.05, 4.69) is 22.6 Å². The fourth-order valence-electron chi connectivity index (χ4n) is 1.69. The second kappa shape index (κ2) is 3.89. The van der Waals surface area contributed by atoms with E-state index in [1.165, 1.54) is 6.20 Å². The van der Waals surface area contributed by atoms with Gasteiger partial charge in [-0.25, -0.2) is 0 Å². The Kier molecular flexibility index (Phi) is 2.71. The van der Waals surface area contributed by atoms with Crippen LogP contribution in [0.3, 0.4) is 0 Å². The number of amides is 1. The largest absolute Gasteiger partial charge is 0.365 e. The summed E-state index contributed by atoms with van der Waals surface area (Å²) in [5.74, 6) is -0.693. The summed E-state index contributed by atoms with van der Waals surface area (Å²) in [6.45, 7) is 0. The van der Waals surface area contributed by atoms with Crippen LogP contribution >= 0.6 is 22.6 Å². The van der Waals surface area contributed by atoms with E-state index in [-0.39, 0.29) is 11.0 Å². The van der Waals surface area contributed by atoms with Crippen LogP contribution in [-0.4, -0.2) is 10.5 Å². The maximum atomic E-state index is 12.0. The summed E-state index contributed by atoms with van der Waals surface area (Å²) < 4.78 is 2.71. The minimum Gasteiger partial charge on any atom is -0.365 e. The van der Waals surface area contributed by atoms with Crippen molar-refractivity contribution in [2.75, 3.05) is 0 Å². The average molecular weight is 328 g/mol. The summed E-state index contributed by atoms with van der Waals surface area (Å²) in [4.78, 5) is 23.1. The van der Waals surface area contributed by atoms with Gasteiger partial charge >= 0.3 is 0 Å². The Balaban J connectivity index is 3.02. The predicted octanol–water partition coefficient (Wildman–Crippen LogP) is 1.24. The van der Waals surface area contributed by atoms with Crippen LogP contribution in [0.2, 0.25) is 0 Å². The third kappa shape index (κ3) is 1.60. The van der Waals surface area contributed by atoms with Crippen molar-refractivity contribution in [2.24, 2.45) is 12.8 Å². The number of aromatic nitrogens is 1. The van der Waals surface area contributed by atoms with Gasteiger partial charge < -0.3 is 10.3 Å². The lowest BCUT2D eigenvalue weighted by Gasteiger charge is -2.08. The van der Waals surface area contributed by atoms with E-state index in [1.807, 2.05) is 6.07 Å². The SMILES string of the molecule is Cn1cc(C(N)=O)c(=O)c2cccc(I)c21. The molecule has 16 heavy (non-hydrogen) atoms. The van der Waals surface area contributed by atoms with Gasteiger partial charge in [0.1, 0.15) is 5.56 Å². The molecule has 1 amide bonds. The minimum absolute atomic E-state index is 0.0250. The molecular formula is C11H9IN2O2. The molecule has 0 aliphatic heterocycles. The highest BCUT2D eigenvalue weighted by molar-refractivity contribution is 14.1. The van der Waals surface area contributed by atoms with Gasteiger partial charge in [0.2, 0.25) is 5.43 Å². The molecule has 0 unspecified atom stereocenters. The average Bonchev–Trinajstić information content (AvgIpc) is 2.22. The number of aryl methyl sites for hydroxylation is 1. The molecule has 0 spiro atoms. The van der Waals surface area contributed by atoms with Crippen LogP contribution in [0.4, 0.5) is 0 Å². The molecule has 0 bridgehead atoms. The van der Waals surface area contributed by atoms with E-state index in [4.69, 9.17) is 5.73 Å². The predicted molar refractivity (Wildman–Crippen MR) is 70.4 cm³/mol. The van der Waals surface area contributed by atoms with Crippen molar-refractivity contribution >= 4 is 39.4 Å². The van der Waals surface area contributed by atoms with Crippen molar-refractivity contribution < 1.29 is 4.79 Å². The van der Waals surface area contributed by atoms with Gasteiger partial charge in [-0.05, 0) is 34.7 Å². The van der Waals surface area contributed by atoms with Crippen LogP contribution < -0.4 is 11.2 Å². The number of nitrogens with zero attached hydrogens (tertiary/aromatic N) is 1. The maximum Gasteiger partial charge on any atom is 0.254 e. The number of para-hydroxylation sites is 1. The van der Waals surface area contributed by atoms with Gasteiger partial charge in [0.05, 0.1) is 5.52 Å². The third-order valence-electron chi connectivity index (χ3n) is 2.42. The fourth-order valence-corrected chi connectivity index (χ4v) is 2.57. The van der Waals surface area contributed by atoms with Crippen LogP contribution in [0.5, 0.6) is 0 Å². The summed E-state index contributed by atoms with van der Waals surface area (Å²) >= 11 is 2.15. The Morgan fingerprint density at radius 3 is 2.75 bits per heavy atom. The molecule has 4 nitrogen and oxygen atoms in total. The number of carbonyl (C=O) groups is 1. The molecule has 0 aliphatic rings. The normalized spacial score (nSPS) is 10.6. The van der Waals surface area contributed by atoms with E-state index in [9.17, 15) is 9.59 Å². The molecule has 0 saturated carbocycles. The van der Waals surface area contributed by atoms with E-state index in [1.54, 1.807) is 23.7 Å². The molecule has 0 saturated heterocycles. The highest BCUT2D eigenvalue weighted by Crippen LogP contribution is 2.17. The highest BCUT2D eigenvalue weighted by atomic mass is 127. The number of hydrogen-bond acceptors (Lipinski definition) is 2. The number of benzene rings is 1. The lowest BCUT2D eigenvalue weighted by molar-refractivity contribution is 0.0999. The second-order valence-electron chi connectivity index (χ2n) is 3.48. The highest BCUT2D eigenvalue weighted by Gasteiger charge is 2.12. The molecule has 1 aromatic heterocycles. The topological polar surface area (TPSA) is 65.1 Å². The summed E-state index contributed by atoms with van der Waals surface area (Å²) in [5, 5.41) is 0.519. The molecule has 2 N–H and O–H groups in total. The van der Waals surface area contributed by atoms with E-state index in [0.29, 0.717) is 5.39 Å². The first-order valence-corrected chi connectivity index (χ1v) is 5.68. The maximum absolute atomic E-state index is 12.0. The number of fused-ring (bicyclic) bond motifs is 1. The van der Waals surface area contributed by atoms with Gasteiger partial charge in [-0.15, -0.1) is 0 Å². The minimum atomic E-state index is -0.693. The standard InChI is InChI=1S/C11H9IN2O2/c1-14-5-7(11(13)16)10(15)6-3-2-4-8(12)9(6)14/h2-5H,1H3,(H2,13,16). The van der Waals surface area contributed by atoms with E-state index >= 15 is 0 Å². The van der Waals surface area contributed by atoms with Gasteiger partial charge in [0, 0.05) is 22.2 Å². The molecule has 82 valence electrons. The van der Waals surface area contributed by atoms with E-state index in [0.717, 1.165) is 9.09 Å². The monoisotopic (exact) mass is 328 g/mol. The molecule has 1 aromatic carbocycles. The van der Waals surface area contributed by atoms with Crippen LogP contribution in [0, 0.1) is 3.57 Å². The zero-order chi connectivity index (χ0) is 11.9. The lowest BCUT2D eigenvalue weighted by Crippen LogP contribution is -2.23. The van der Waals surface area contributed by atoms with Gasteiger partial charge in [-0.2, -0.15) is 0 Å². The Morgan fingerprint density at radius 2 is 2.12 bits per heavy atom. The van der Waals surface area contributed by atoms with Crippen molar-refractivity contribution in [2.45, 2.75) is 0 Å². The molecule has 2 aromatic rings. The molecule has 0 aliphatic carbocycles. The number of nitrogens with two attached hydrogens (primary N) is 1. The summed E-state index contributed by atoms with van der Waals surface area (Å²) in [7, 11) is 1.79. The summed E-state index contributed by atoms with van der Waals surface area (Å²) in [5.41, 5.74) is 5.69. The third-order valence-corrected chi connectivity index (χ3v) is 3.29. The van der Waals surface area contributed by atoms with Gasteiger partial charge in [-0.1, -0.05) is 6.07 Å². The first kappa shape index (κ1) is 11.1. The molecule has 0 fully saturated rings. The number of rotatable bonds is 1. The summed E-state index contributed by atoms with van der Waals surface area (Å²) in [6, 6.07) is 5.40. The Bertz CT molecular complexity index is 646. The van der Waals surface area contributed by atoms with Crippen molar-refractivity contribution in [3.63, 3.8) is 0 Å². The second-order valence-corrected chi connectivity index (χ2v) is 4.65. The Morgan fingerprint density at radius 1 is 1.44 bits per heavy atom. The summed E-state index contributed by atoms with van der Waals surface area (Å²) in [6.07, 6.45) is 1.48. The fraction of sp³-hybridized carbons (Fsp3) is 0.0909. The Hall–Kier alpha value is -1.37. The van der Waals surface area contributed by atoms with Crippen molar-refractivity contribution in [3.8, 4) is 0 Å². The molecule has 5 heteroatoms. The smallest absolute Gasteiger partial charge is 0.254 e. The van der Waals surface area contributed by atoms with Crippen LogP contribution in [0.25, 0.3) is 10.9 Å². The van der Waals surface area contributed by atoms with Crippen LogP contribution in [-0.2, 0) is 7.05 Å².